The minimum atomic E-state index is -5.05. The van der Waals surface area contributed by atoms with E-state index in [9.17, 15) is 31.1 Å². The molecule has 3 heterocycles. The number of hydrogen-bond acceptors (Lipinski definition) is 5. The predicted octanol–water partition coefficient (Wildman–Crippen LogP) is 7.69. The Balaban J connectivity index is 1.59. The Morgan fingerprint density at radius 2 is 1.70 bits per heavy atom. The van der Waals surface area contributed by atoms with Gasteiger partial charge in [0, 0.05) is 29.1 Å². The van der Waals surface area contributed by atoms with Crippen molar-refractivity contribution in [3.63, 3.8) is 0 Å². The van der Waals surface area contributed by atoms with Gasteiger partial charge in [-0.1, -0.05) is 19.1 Å². The number of carbonyl (C=O) groups excluding carboxylic acids is 1. The Kier molecular flexibility index (Phi) is 6.53. The third kappa shape index (κ3) is 5.10. The van der Waals surface area contributed by atoms with E-state index in [1.165, 1.54) is 22.7 Å². The van der Waals surface area contributed by atoms with E-state index in [2.05, 4.69) is 10.2 Å². The minimum absolute atomic E-state index is 0.00646. The summed E-state index contributed by atoms with van der Waals surface area (Å²) in [5.74, 6) is -1.05. The lowest BCUT2D eigenvalue weighted by atomic mass is 10.0. The maximum atomic E-state index is 13.3. The number of likely N-dealkylation sites (N-methyl/N-ethyl adjacent to an activating group) is 1. The third-order valence-corrected chi connectivity index (χ3v) is 8.35. The van der Waals surface area contributed by atoms with Crippen LogP contribution in [0.25, 0.3) is 20.8 Å². The first-order valence-electron chi connectivity index (χ1n) is 11.3. The molecule has 0 bridgehead atoms. The number of carbonyl (C=O) groups is 1. The SMILES string of the molecule is CCN1CCc2c(sc(NC(=O)c3cc(C(F)(F)F)cc(C(F)(F)F)c3)c2-c2nc3ccccc3s2)C1. The van der Waals surface area contributed by atoms with Crippen molar-refractivity contribution in [2.24, 2.45) is 0 Å². The quantitative estimate of drug-likeness (QED) is 0.263. The van der Waals surface area contributed by atoms with Crippen molar-refractivity contribution in [3.05, 3.63) is 69.6 Å². The number of aromatic nitrogens is 1. The van der Waals surface area contributed by atoms with Crippen molar-refractivity contribution < 1.29 is 31.1 Å². The molecule has 1 amide bonds. The average molecular weight is 556 g/mol. The smallest absolute Gasteiger partial charge is 0.313 e. The summed E-state index contributed by atoms with van der Waals surface area (Å²) in [6.45, 7) is 4.27. The van der Waals surface area contributed by atoms with E-state index in [1.807, 2.05) is 31.2 Å². The number of nitrogens with one attached hydrogen (secondary N) is 1. The number of thiophene rings is 1. The van der Waals surface area contributed by atoms with Crippen molar-refractivity contribution in [1.82, 2.24) is 9.88 Å². The van der Waals surface area contributed by atoms with Gasteiger partial charge in [-0.3, -0.25) is 9.69 Å². The van der Waals surface area contributed by atoms with Crippen LogP contribution in [0, 0.1) is 0 Å². The number of thiazole rings is 1. The number of fused-ring (bicyclic) bond motifs is 2. The van der Waals surface area contributed by atoms with Gasteiger partial charge in [0.1, 0.15) is 10.0 Å². The Hall–Kier alpha value is -2.96. The number of rotatable bonds is 4. The predicted molar refractivity (Wildman–Crippen MR) is 132 cm³/mol. The van der Waals surface area contributed by atoms with Crippen molar-refractivity contribution in [2.75, 3.05) is 18.4 Å². The molecule has 0 saturated heterocycles. The van der Waals surface area contributed by atoms with Gasteiger partial charge in [0.2, 0.25) is 0 Å². The van der Waals surface area contributed by atoms with E-state index >= 15 is 0 Å². The van der Waals surface area contributed by atoms with Crippen LogP contribution in [0.5, 0.6) is 0 Å². The molecule has 0 saturated carbocycles. The van der Waals surface area contributed by atoms with Crippen LogP contribution in [0.1, 0.15) is 38.8 Å². The summed E-state index contributed by atoms with van der Waals surface area (Å²) in [4.78, 5) is 21.0. The molecule has 0 atom stereocenters. The average Bonchev–Trinajstić information content (AvgIpc) is 3.42. The van der Waals surface area contributed by atoms with Gasteiger partial charge in [0.25, 0.3) is 5.91 Å². The molecular formula is C25H19F6N3OS2. The molecule has 0 spiro atoms. The molecule has 194 valence electrons. The molecule has 0 unspecified atom stereocenters. The van der Waals surface area contributed by atoms with Gasteiger partial charge in [-0.05, 0) is 48.9 Å². The zero-order valence-corrected chi connectivity index (χ0v) is 20.9. The number of para-hydroxylation sites is 1. The molecule has 1 aliphatic rings. The van der Waals surface area contributed by atoms with Crippen molar-refractivity contribution >= 4 is 43.8 Å². The van der Waals surface area contributed by atoms with Gasteiger partial charge < -0.3 is 5.32 Å². The molecule has 1 aliphatic heterocycles. The van der Waals surface area contributed by atoms with Gasteiger partial charge in [0.15, 0.2) is 0 Å². The molecule has 4 nitrogen and oxygen atoms in total. The van der Waals surface area contributed by atoms with Gasteiger partial charge in [0.05, 0.1) is 21.3 Å². The lowest BCUT2D eigenvalue weighted by Crippen LogP contribution is -2.29. The first kappa shape index (κ1) is 25.7. The van der Waals surface area contributed by atoms with Crippen LogP contribution in [0.2, 0.25) is 0 Å². The largest absolute Gasteiger partial charge is 0.416 e. The van der Waals surface area contributed by atoms with Crippen LogP contribution in [0.15, 0.2) is 42.5 Å². The summed E-state index contributed by atoms with van der Waals surface area (Å²) in [5.41, 5.74) is -1.37. The third-order valence-electron chi connectivity index (χ3n) is 6.17. The van der Waals surface area contributed by atoms with Gasteiger partial charge in [-0.15, -0.1) is 22.7 Å². The Morgan fingerprint density at radius 3 is 2.32 bits per heavy atom. The number of hydrogen-bond donors (Lipinski definition) is 1. The topological polar surface area (TPSA) is 45.2 Å². The summed E-state index contributed by atoms with van der Waals surface area (Å²) >= 11 is 2.69. The lowest BCUT2D eigenvalue weighted by molar-refractivity contribution is -0.143. The number of anilines is 1. The van der Waals surface area contributed by atoms with Gasteiger partial charge in [-0.2, -0.15) is 26.3 Å². The van der Waals surface area contributed by atoms with E-state index in [1.54, 1.807) is 0 Å². The molecule has 37 heavy (non-hydrogen) atoms. The fourth-order valence-corrected chi connectivity index (χ4v) is 6.68. The molecular weight excluding hydrogens is 536 g/mol. The monoisotopic (exact) mass is 555 g/mol. The van der Waals surface area contributed by atoms with Crippen LogP contribution in [-0.2, 0) is 25.3 Å². The van der Waals surface area contributed by atoms with Gasteiger partial charge >= 0.3 is 12.4 Å². The highest BCUT2D eigenvalue weighted by Gasteiger charge is 2.38. The van der Waals surface area contributed by atoms with Crippen molar-refractivity contribution in [3.8, 4) is 10.6 Å². The van der Waals surface area contributed by atoms with E-state index in [-0.39, 0.29) is 6.07 Å². The maximum Gasteiger partial charge on any atom is 0.416 e. The van der Waals surface area contributed by atoms with E-state index in [0.29, 0.717) is 40.7 Å². The van der Waals surface area contributed by atoms with Crippen LogP contribution < -0.4 is 5.32 Å². The second-order valence-corrected chi connectivity index (χ2v) is 10.7. The number of benzene rings is 2. The zero-order valence-electron chi connectivity index (χ0n) is 19.3. The molecule has 0 radical (unpaired) electrons. The highest BCUT2D eigenvalue weighted by molar-refractivity contribution is 7.23. The molecule has 2 aromatic carbocycles. The number of halogens is 6. The van der Waals surface area contributed by atoms with Crippen LogP contribution in [0.4, 0.5) is 31.3 Å². The number of nitrogens with zero attached hydrogens (tertiary/aromatic N) is 2. The van der Waals surface area contributed by atoms with Crippen molar-refractivity contribution in [2.45, 2.75) is 32.2 Å². The summed E-state index contributed by atoms with van der Waals surface area (Å²) < 4.78 is 80.9. The van der Waals surface area contributed by atoms with Gasteiger partial charge in [-0.25, -0.2) is 4.98 Å². The maximum absolute atomic E-state index is 13.3. The lowest BCUT2D eigenvalue weighted by Gasteiger charge is -2.25. The second kappa shape index (κ2) is 9.41. The summed E-state index contributed by atoms with van der Waals surface area (Å²) in [7, 11) is 0. The number of alkyl halides is 6. The summed E-state index contributed by atoms with van der Waals surface area (Å²) in [5, 5.41) is 3.61. The highest BCUT2D eigenvalue weighted by atomic mass is 32.1. The summed E-state index contributed by atoms with van der Waals surface area (Å²) in [6.07, 6.45) is -9.41. The summed E-state index contributed by atoms with van der Waals surface area (Å²) in [6, 6.07) is 8.37. The zero-order chi connectivity index (χ0) is 26.5. The minimum Gasteiger partial charge on any atom is -0.313 e. The highest BCUT2D eigenvalue weighted by Crippen LogP contribution is 2.46. The van der Waals surface area contributed by atoms with Crippen LogP contribution in [0.3, 0.4) is 0 Å². The van der Waals surface area contributed by atoms with E-state index in [4.69, 9.17) is 4.98 Å². The first-order valence-corrected chi connectivity index (χ1v) is 12.9. The number of amides is 1. The van der Waals surface area contributed by atoms with Crippen LogP contribution in [-0.4, -0.2) is 28.9 Å². The van der Waals surface area contributed by atoms with Crippen LogP contribution >= 0.6 is 22.7 Å². The molecule has 2 aromatic heterocycles. The van der Waals surface area contributed by atoms with Crippen molar-refractivity contribution in [1.29, 1.82) is 0 Å². The fourth-order valence-electron chi connectivity index (χ4n) is 4.28. The second-order valence-electron chi connectivity index (χ2n) is 8.56. The standard InChI is InChI=1S/C25H19F6N3OS2/c1-2-34-8-7-16-19(12-34)37-23(20(16)22-32-17-5-3-4-6-18(17)36-22)33-21(35)13-9-14(24(26,27)28)11-15(10-13)25(29,30)31/h3-6,9-11H,2,7-8,12H2,1H3,(H,33,35). The Morgan fingerprint density at radius 1 is 1.03 bits per heavy atom. The van der Waals surface area contributed by atoms with E-state index in [0.717, 1.165) is 33.7 Å². The Bertz CT molecular complexity index is 1420. The fraction of sp³-hybridized carbons (Fsp3) is 0.280. The molecule has 4 aromatic rings. The first-order chi connectivity index (χ1) is 17.4. The molecule has 1 N–H and O–H groups in total. The molecule has 12 heteroatoms. The van der Waals surface area contributed by atoms with E-state index < -0.39 is 35.0 Å². The molecule has 0 fully saturated rings. The normalized spacial score (nSPS) is 14.7. The molecule has 5 rings (SSSR count). The molecule has 0 aliphatic carbocycles. The Labute approximate surface area is 215 Å².